The SMILES string of the molecule is CC(/C=C/O[C@@H]1C[C@H](C)CC[C@H]1C(C)(C)c1ccccc1)=C\Sc1ccccc1. The normalized spacial score (nSPS) is 23.3. The Balaban J connectivity index is 1.65. The minimum atomic E-state index is 0.105. The molecule has 3 rings (SSSR count). The Kier molecular flexibility index (Phi) is 7.66. The van der Waals surface area contributed by atoms with Gasteiger partial charge in [-0.05, 0) is 65.9 Å². The lowest BCUT2D eigenvalue weighted by molar-refractivity contribution is 0.00252. The van der Waals surface area contributed by atoms with E-state index in [2.05, 4.69) is 93.8 Å². The monoisotopic (exact) mass is 406 g/mol. The van der Waals surface area contributed by atoms with Crippen LogP contribution < -0.4 is 0 Å². The Morgan fingerprint density at radius 1 is 1.00 bits per heavy atom. The second kappa shape index (κ2) is 10.2. The summed E-state index contributed by atoms with van der Waals surface area (Å²) in [6, 6.07) is 21.4. The van der Waals surface area contributed by atoms with Crippen LogP contribution in [0.4, 0.5) is 0 Å². The van der Waals surface area contributed by atoms with E-state index in [0.717, 1.165) is 12.3 Å². The number of hydrogen-bond acceptors (Lipinski definition) is 2. The summed E-state index contributed by atoms with van der Waals surface area (Å²) in [5.74, 6) is 1.25. The van der Waals surface area contributed by atoms with E-state index in [9.17, 15) is 0 Å². The summed E-state index contributed by atoms with van der Waals surface area (Å²) >= 11 is 1.75. The third kappa shape index (κ3) is 6.02. The molecule has 154 valence electrons. The van der Waals surface area contributed by atoms with Crippen LogP contribution in [0.2, 0.25) is 0 Å². The van der Waals surface area contributed by atoms with Gasteiger partial charge in [0.25, 0.3) is 0 Å². The minimum absolute atomic E-state index is 0.105. The Bertz CT molecular complexity index is 807. The van der Waals surface area contributed by atoms with Crippen molar-refractivity contribution in [2.75, 3.05) is 0 Å². The molecule has 0 unspecified atom stereocenters. The molecule has 0 amide bonds. The van der Waals surface area contributed by atoms with Crippen molar-refractivity contribution in [3.63, 3.8) is 0 Å². The first-order valence-corrected chi connectivity index (χ1v) is 11.6. The zero-order chi connectivity index (χ0) is 20.7. The first-order chi connectivity index (χ1) is 14.0. The van der Waals surface area contributed by atoms with Crippen LogP contribution in [0.5, 0.6) is 0 Å². The van der Waals surface area contributed by atoms with E-state index in [1.54, 1.807) is 11.8 Å². The molecular formula is C27H34OS. The fraction of sp³-hybridized carbons (Fsp3) is 0.407. The van der Waals surface area contributed by atoms with E-state index in [-0.39, 0.29) is 11.5 Å². The number of hydrogen-bond donors (Lipinski definition) is 0. The molecule has 0 bridgehead atoms. The van der Waals surface area contributed by atoms with Crippen LogP contribution in [-0.4, -0.2) is 6.10 Å². The van der Waals surface area contributed by atoms with Gasteiger partial charge in [0.15, 0.2) is 0 Å². The molecule has 2 heteroatoms. The number of ether oxygens (including phenoxy) is 1. The van der Waals surface area contributed by atoms with Crippen LogP contribution >= 0.6 is 11.8 Å². The Labute approximate surface area is 181 Å². The zero-order valence-corrected chi connectivity index (χ0v) is 19.0. The van der Waals surface area contributed by atoms with Crippen molar-refractivity contribution in [2.24, 2.45) is 11.8 Å². The highest BCUT2D eigenvalue weighted by Gasteiger charge is 2.40. The highest BCUT2D eigenvalue weighted by molar-refractivity contribution is 8.02. The van der Waals surface area contributed by atoms with Crippen LogP contribution in [0, 0.1) is 11.8 Å². The van der Waals surface area contributed by atoms with Gasteiger partial charge in [-0.1, -0.05) is 87.5 Å². The van der Waals surface area contributed by atoms with E-state index in [1.165, 1.54) is 28.9 Å². The Morgan fingerprint density at radius 2 is 1.66 bits per heavy atom. The largest absolute Gasteiger partial charge is 0.498 e. The highest BCUT2D eigenvalue weighted by Crippen LogP contribution is 2.43. The molecule has 1 saturated carbocycles. The summed E-state index contributed by atoms with van der Waals surface area (Å²) < 4.78 is 6.37. The van der Waals surface area contributed by atoms with Crippen LogP contribution in [0.1, 0.15) is 52.5 Å². The van der Waals surface area contributed by atoms with Crippen molar-refractivity contribution in [1.29, 1.82) is 0 Å². The molecule has 0 radical (unpaired) electrons. The van der Waals surface area contributed by atoms with Crippen LogP contribution in [0.3, 0.4) is 0 Å². The molecule has 3 atom stereocenters. The molecule has 29 heavy (non-hydrogen) atoms. The van der Waals surface area contributed by atoms with Gasteiger partial charge in [-0.15, -0.1) is 0 Å². The molecule has 0 saturated heterocycles. The molecule has 1 aliphatic carbocycles. The van der Waals surface area contributed by atoms with Crippen molar-refractivity contribution in [2.45, 2.75) is 63.4 Å². The van der Waals surface area contributed by atoms with Crippen molar-refractivity contribution < 1.29 is 4.74 Å². The minimum Gasteiger partial charge on any atom is -0.498 e. The lowest BCUT2D eigenvalue weighted by atomic mass is 9.64. The average molecular weight is 407 g/mol. The van der Waals surface area contributed by atoms with Gasteiger partial charge in [0.05, 0.1) is 6.26 Å². The molecule has 1 nitrogen and oxygen atoms in total. The topological polar surface area (TPSA) is 9.23 Å². The summed E-state index contributed by atoms with van der Waals surface area (Å²) in [6.07, 6.45) is 7.93. The number of rotatable bonds is 7. The van der Waals surface area contributed by atoms with Gasteiger partial charge in [-0.25, -0.2) is 0 Å². The van der Waals surface area contributed by atoms with Gasteiger partial charge in [-0.2, -0.15) is 0 Å². The van der Waals surface area contributed by atoms with Gasteiger partial charge in [-0.3, -0.25) is 0 Å². The molecule has 0 heterocycles. The molecule has 2 aromatic carbocycles. The molecule has 1 aliphatic rings. The molecular weight excluding hydrogens is 372 g/mol. The van der Waals surface area contributed by atoms with Gasteiger partial charge < -0.3 is 4.74 Å². The molecule has 2 aromatic rings. The van der Waals surface area contributed by atoms with Crippen molar-refractivity contribution in [3.05, 3.63) is 89.5 Å². The maximum Gasteiger partial charge on any atom is 0.102 e. The zero-order valence-electron chi connectivity index (χ0n) is 18.2. The number of benzene rings is 2. The van der Waals surface area contributed by atoms with E-state index in [0.29, 0.717) is 5.92 Å². The van der Waals surface area contributed by atoms with Crippen molar-refractivity contribution >= 4 is 11.8 Å². The lowest BCUT2D eigenvalue weighted by Gasteiger charge is -2.44. The van der Waals surface area contributed by atoms with Gasteiger partial charge >= 0.3 is 0 Å². The van der Waals surface area contributed by atoms with Crippen LogP contribution in [-0.2, 0) is 10.2 Å². The Morgan fingerprint density at radius 3 is 2.34 bits per heavy atom. The second-order valence-electron chi connectivity index (χ2n) is 8.88. The highest BCUT2D eigenvalue weighted by atomic mass is 32.2. The first kappa shape index (κ1) is 21.8. The predicted molar refractivity (Wildman–Crippen MR) is 126 cm³/mol. The van der Waals surface area contributed by atoms with E-state index in [1.807, 2.05) is 12.3 Å². The van der Waals surface area contributed by atoms with Crippen LogP contribution in [0.15, 0.2) is 88.9 Å². The van der Waals surface area contributed by atoms with Gasteiger partial charge in [0, 0.05) is 10.8 Å². The maximum atomic E-state index is 6.37. The van der Waals surface area contributed by atoms with Gasteiger partial charge in [0.2, 0.25) is 0 Å². The summed E-state index contributed by atoms with van der Waals surface area (Å²) in [7, 11) is 0. The quantitative estimate of drug-likeness (QED) is 0.262. The number of thioether (sulfide) groups is 1. The fourth-order valence-corrected chi connectivity index (χ4v) is 5.05. The van der Waals surface area contributed by atoms with E-state index >= 15 is 0 Å². The smallest absolute Gasteiger partial charge is 0.102 e. The van der Waals surface area contributed by atoms with Gasteiger partial charge in [0.1, 0.15) is 6.10 Å². The summed E-state index contributed by atoms with van der Waals surface area (Å²) in [6.45, 7) is 9.24. The predicted octanol–water partition coefficient (Wildman–Crippen LogP) is 8.00. The number of allylic oxidation sites excluding steroid dienone is 2. The molecule has 0 aromatic heterocycles. The standard InChI is InChI=1S/C27H34OS/c1-21-15-16-25(27(3,4)23-11-7-5-8-12-23)26(19-21)28-18-17-22(2)20-29-24-13-9-6-10-14-24/h5-14,17-18,20-21,25-26H,15-16,19H2,1-4H3/b18-17+,22-20+/t21-,25-,26-/m1/s1. The summed E-state index contributed by atoms with van der Waals surface area (Å²) in [5.41, 5.74) is 2.72. The Hall–Kier alpha value is -1.93. The van der Waals surface area contributed by atoms with E-state index in [4.69, 9.17) is 4.74 Å². The third-order valence-electron chi connectivity index (χ3n) is 6.21. The summed E-state index contributed by atoms with van der Waals surface area (Å²) in [5, 5.41) is 2.18. The average Bonchev–Trinajstić information content (AvgIpc) is 2.73. The molecule has 0 spiro atoms. The van der Waals surface area contributed by atoms with Crippen LogP contribution in [0.25, 0.3) is 0 Å². The fourth-order valence-electron chi connectivity index (χ4n) is 4.33. The third-order valence-corrected chi connectivity index (χ3v) is 7.24. The van der Waals surface area contributed by atoms with Crippen molar-refractivity contribution in [3.8, 4) is 0 Å². The molecule has 0 aliphatic heterocycles. The first-order valence-electron chi connectivity index (χ1n) is 10.7. The van der Waals surface area contributed by atoms with E-state index < -0.39 is 0 Å². The second-order valence-corrected chi connectivity index (χ2v) is 9.83. The lowest BCUT2D eigenvalue weighted by Crippen LogP contribution is -2.42. The molecule has 0 N–H and O–H groups in total. The molecule has 1 fully saturated rings. The summed E-state index contributed by atoms with van der Waals surface area (Å²) in [4.78, 5) is 1.26. The van der Waals surface area contributed by atoms with Crippen molar-refractivity contribution in [1.82, 2.24) is 0 Å². The maximum absolute atomic E-state index is 6.37.